The normalized spacial score (nSPS) is 33.9. The van der Waals surface area contributed by atoms with E-state index in [0.29, 0.717) is 0 Å². The zero-order chi connectivity index (χ0) is 7.99. The van der Waals surface area contributed by atoms with Crippen molar-refractivity contribution >= 4 is 0 Å². The van der Waals surface area contributed by atoms with Gasteiger partial charge in [0.1, 0.15) is 0 Å². The largest absolute Gasteiger partial charge is 0.287 e. The minimum absolute atomic E-state index is 0.234. The lowest BCUT2D eigenvalue weighted by atomic mass is 9.99. The molecule has 0 saturated heterocycles. The smallest absolute Gasteiger partial charge is 0.240 e. The summed E-state index contributed by atoms with van der Waals surface area (Å²) in [7, 11) is 0. The first-order valence-corrected chi connectivity index (χ1v) is 3.54. The summed E-state index contributed by atoms with van der Waals surface area (Å²) in [6, 6.07) is 0. The standard InChI is InChI=1S/C7H11F3/c1-3-6(4-2)5(8)7(6,9)10/h5H,3-4H2,1-2H3. The molecule has 0 aromatic heterocycles. The van der Waals surface area contributed by atoms with Gasteiger partial charge in [0.2, 0.25) is 0 Å². The molecule has 10 heavy (non-hydrogen) atoms. The first-order chi connectivity index (χ1) is 4.53. The third-order valence-corrected chi connectivity index (χ3v) is 2.65. The van der Waals surface area contributed by atoms with Gasteiger partial charge in [0, 0.05) is 0 Å². The lowest BCUT2D eigenvalue weighted by Crippen LogP contribution is -2.07. The van der Waals surface area contributed by atoms with Gasteiger partial charge in [-0.3, -0.25) is 0 Å². The van der Waals surface area contributed by atoms with Gasteiger partial charge in [0.25, 0.3) is 5.92 Å². The highest BCUT2D eigenvalue weighted by molar-refractivity contribution is 5.18. The number of halogens is 3. The van der Waals surface area contributed by atoms with Gasteiger partial charge < -0.3 is 0 Å². The highest BCUT2D eigenvalue weighted by Crippen LogP contribution is 2.66. The van der Waals surface area contributed by atoms with Crippen molar-refractivity contribution in [3.05, 3.63) is 0 Å². The van der Waals surface area contributed by atoms with Crippen molar-refractivity contribution in [1.82, 2.24) is 0 Å². The summed E-state index contributed by atoms with van der Waals surface area (Å²) < 4.78 is 37.4. The summed E-state index contributed by atoms with van der Waals surface area (Å²) in [5.41, 5.74) is -1.31. The van der Waals surface area contributed by atoms with E-state index in [-0.39, 0.29) is 12.8 Å². The lowest BCUT2D eigenvalue weighted by molar-refractivity contribution is 0.0505. The molecule has 0 aromatic carbocycles. The Morgan fingerprint density at radius 2 is 1.50 bits per heavy atom. The first-order valence-electron chi connectivity index (χ1n) is 3.54. The zero-order valence-electron chi connectivity index (χ0n) is 6.13. The van der Waals surface area contributed by atoms with Crippen molar-refractivity contribution in [2.75, 3.05) is 0 Å². The summed E-state index contributed by atoms with van der Waals surface area (Å²) in [5.74, 6) is -3.05. The lowest BCUT2D eigenvalue weighted by Gasteiger charge is -2.07. The van der Waals surface area contributed by atoms with Crippen molar-refractivity contribution in [1.29, 1.82) is 0 Å². The van der Waals surface area contributed by atoms with Crippen LogP contribution >= 0.6 is 0 Å². The number of hydrogen-bond donors (Lipinski definition) is 0. The molecule has 60 valence electrons. The number of alkyl halides is 3. The molecule has 0 aromatic rings. The highest BCUT2D eigenvalue weighted by Gasteiger charge is 2.80. The quantitative estimate of drug-likeness (QED) is 0.570. The van der Waals surface area contributed by atoms with E-state index >= 15 is 0 Å². The average Bonchev–Trinajstić information content (AvgIpc) is 2.31. The fraction of sp³-hybridized carbons (Fsp3) is 1.00. The van der Waals surface area contributed by atoms with Crippen molar-refractivity contribution in [3.8, 4) is 0 Å². The SMILES string of the molecule is CCC1(CC)C(F)C1(F)F. The van der Waals surface area contributed by atoms with Crippen molar-refractivity contribution in [3.63, 3.8) is 0 Å². The molecule has 1 aliphatic rings. The monoisotopic (exact) mass is 152 g/mol. The Bertz CT molecular complexity index is 138. The van der Waals surface area contributed by atoms with Gasteiger partial charge in [-0.1, -0.05) is 13.8 Å². The first kappa shape index (κ1) is 7.89. The maximum atomic E-state index is 12.5. The van der Waals surface area contributed by atoms with E-state index in [1.54, 1.807) is 13.8 Å². The van der Waals surface area contributed by atoms with Crippen molar-refractivity contribution < 1.29 is 13.2 Å². The third kappa shape index (κ3) is 0.584. The molecule has 1 rings (SSSR count). The van der Waals surface area contributed by atoms with E-state index < -0.39 is 17.5 Å². The Hall–Kier alpha value is -0.210. The molecule has 0 bridgehead atoms. The minimum Gasteiger partial charge on any atom is -0.240 e. The predicted molar refractivity (Wildman–Crippen MR) is 32.9 cm³/mol. The zero-order valence-corrected chi connectivity index (χ0v) is 6.13. The minimum atomic E-state index is -3.05. The fourth-order valence-corrected chi connectivity index (χ4v) is 1.54. The van der Waals surface area contributed by atoms with Crippen LogP contribution in [0.2, 0.25) is 0 Å². The molecule has 1 unspecified atom stereocenters. The van der Waals surface area contributed by atoms with Crippen molar-refractivity contribution in [2.24, 2.45) is 5.41 Å². The number of rotatable bonds is 2. The van der Waals surface area contributed by atoms with Crippen LogP contribution in [0.3, 0.4) is 0 Å². The van der Waals surface area contributed by atoms with Crippen LogP contribution in [0, 0.1) is 5.41 Å². The molecule has 0 heterocycles. The van der Waals surface area contributed by atoms with Crippen LogP contribution in [0.5, 0.6) is 0 Å². The predicted octanol–water partition coefficient (Wildman–Crippen LogP) is 2.78. The van der Waals surface area contributed by atoms with Gasteiger partial charge in [0.05, 0.1) is 5.41 Å². The van der Waals surface area contributed by atoms with Gasteiger partial charge in [-0.25, -0.2) is 13.2 Å². The van der Waals surface area contributed by atoms with E-state index in [4.69, 9.17) is 0 Å². The Kier molecular flexibility index (Phi) is 1.49. The van der Waals surface area contributed by atoms with Crippen LogP contribution in [-0.4, -0.2) is 12.1 Å². The van der Waals surface area contributed by atoms with Crippen LogP contribution in [0.4, 0.5) is 13.2 Å². The van der Waals surface area contributed by atoms with Crippen molar-refractivity contribution in [2.45, 2.75) is 38.8 Å². The van der Waals surface area contributed by atoms with Crippen LogP contribution in [-0.2, 0) is 0 Å². The summed E-state index contributed by atoms with van der Waals surface area (Å²) in [6.45, 7) is 3.22. The number of hydrogen-bond acceptors (Lipinski definition) is 0. The van der Waals surface area contributed by atoms with E-state index in [9.17, 15) is 13.2 Å². The topological polar surface area (TPSA) is 0 Å². The Balaban J connectivity index is 2.73. The Morgan fingerprint density at radius 1 is 1.20 bits per heavy atom. The summed E-state index contributed by atoms with van der Waals surface area (Å²) in [4.78, 5) is 0. The molecular formula is C7H11F3. The van der Waals surface area contributed by atoms with Crippen LogP contribution in [0.1, 0.15) is 26.7 Å². The molecule has 1 atom stereocenters. The Morgan fingerprint density at radius 3 is 1.50 bits per heavy atom. The molecule has 0 amide bonds. The molecule has 3 heteroatoms. The van der Waals surface area contributed by atoms with Gasteiger partial charge in [-0.15, -0.1) is 0 Å². The van der Waals surface area contributed by atoms with Gasteiger partial charge >= 0.3 is 0 Å². The van der Waals surface area contributed by atoms with Gasteiger partial charge in [-0.05, 0) is 12.8 Å². The molecule has 1 saturated carbocycles. The van der Waals surface area contributed by atoms with E-state index in [1.807, 2.05) is 0 Å². The molecule has 0 radical (unpaired) electrons. The second-order valence-corrected chi connectivity index (χ2v) is 2.85. The fourth-order valence-electron chi connectivity index (χ4n) is 1.54. The summed E-state index contributed by atoms with van der Waals surface area (Å²) >= 11 is 0. The Labute approximate surface area is 58.4 Å². The second kappa shape index (κ2) is 1.89. The maximum Gasteiger partial charge on any atom is 0.287 e. The molecule has 0 nitrogen and oxygen atoms in total. The van der Waals surface area contributed by atoms with Crippen LogP contribution < -0.4 is 0 Å². The third-order valence-electron chi connectivity index (χ3n) is 2.65. The summed E-state index contributed by atoms with van der Waals surface area (Å²) in [5, 5.41) is 0. The maximum absolute atomic E-state index is 12.5. The van der Waals surface area contributed by atoms with Gasteiger partial charge in [-0.2, -0.15) is 0 Å². The molecule has 0 spiro atoms. The van der Waals surface area contributed by atoms with Crippen LogP contribution in [0.15, 0.2) is 0 Å². The highest BCUT2D eigenvalue weighted by atomic mass is 19.3. The average molecular weight is 152 g/mol. The molecule has 0 aliphatic heterocycles. The molecule has 1 aliphatic carbocycles. The van der Waals surface area contributed by atoms with E-state index in [2.05, 4.69) is 0 Å². The molecule has 1 fully saturated rings. The second-order valence-electron chi connectivity index (χ2n) is 2.85. The van der Waals surface area contributed by atoms with E-state index in [0.717, 1.165) is 0 Å². The molecule has 0 N–H and O–H groups in total. The van der Waals surface area contributed by atoms with Gasteiger partial charge in [0.15, 0.2) is 6.17 Å². The van der Waals surface area contributed by atoms with Crippen LogP contribution in [0.25, 0.3) is 0 Å². The van der Waals surface area contributed by atoms with E-state index in [1.165, 1.54) is 0 Å². The molecular weight excluding hydrogens is 141 g/mol. The summed E-state index contributed by atoms with van der Waals surface area (Å²) in [6.07, 6.45) is -1.43.